The van der Waals surface area contributed by atoms with Gasteiger partial charge in [-0.25, -0.2) is 0 Å². The average molecular weight is 311 g/mol. The first-order valence-corrected chi connectivity index (χ1v) is 7.75. The molecule has 0 saturated carbocycles. The molecule has 0 bridgehead atoms. The first-order valence-electron chi connectivity index (χ1n) is 7.75. The van der Waals surface area contributed by atoms with E-state index < -0.39 is 0 Å². The number of anilines is 1. The van der Waals surface area contributed by atoms with Gasteiger partial charge in [0.1, 0.15) is 0 Å². The molecule has 2 unspecified atom stereocenters. The van der Waals surface area contributed by atoms with Crippen LogP contribution >= 0.6 is 0 Å². The summed E-state index contributed by atoms with van der Waals surface area (Å²) in [6, 6.07) is 10.3. The van der Waals surface area contributed by atoms with E-state index in [0.29, 0.717) is 23.1 Å². The van der Waals surface area contributed by atoms with Crippen molar-refractivity contribution in [2.45, 2.75) is 0 Å². The van der Waals surface area contributed by atoms with Crippen molar-refractivity contribution in [2.75, 3.05) is 31.1 Å². The number of nitrogens with zero attached hydrogens (tertiary/aromatic N) is 4. The zero-order valence-electron chi connectivity index (χ0n) is 12.6. The largest absolute Gasteiger partial charge is 0.354 e. The number of hydrogen-bond donors (Lipinski definition) is 1. The highest BCUT2D eigenvalue weighted by Gasteiger charge is 2.36. The maximum absolute atomic E-state index is 11.1. The van der Waals surface area contributed by atoms with E-state index in [4.69, 9.17) is 0 Å². The number of hydrogen-bond acceptors (Lipinski definition) is 6. The summed E-state index contributed by atoms with van der Waals surface area (Å²) in [6.07, 6.45) is 0. The lowest BCUT2D eigenvalue weighted by atomic mass is 10.0. The standard InChI is InChI=1S/C16H17N5O2/c22-21(23)15-4-2-1-3-13(15)14-5-6-16(19-18-14)20-9-11-7-17-8-12(11)10-20/h1-6,11-12,17H,7-10H2. The van der Waals surface area contributed by atoms with Gasteiger partial charge in [-0.3, -0.25) is 10.1 Å². The van der Waals surface area contributed by atoms with Gasteiger partial charge in [0.15, 0.2) is 5.82 Å². The predicted molar refractivity (Wildman–Crippen MR) is 86.2 cm³/mol. The maximum Gasteiger partial charge on any atom is 0.278 e. The Balaban J connectivity index is 1.58. The van der Waals surface area contributed by atoms with Crippen molar-refractivity contribution in [1.29, 1.82) is 0 Å². The minimum atomic E-state index is -0.389. The molecule has 2 aliphatic rings. The predicted octanol–water partition coefficient (Wildman–Crippen LogP) is 1.71. The smallest absolute Gasteiger partial charge is 0.278 e. The second kappa shape index (κ2) is 5.58. The lowest BCUT2D eigenvalue weighted by Gasteiger charge is -2.17. The Kier molecular flexibility index (Phi) is 3.42. The van der Waals surface area contributed by atoms with Crippen molar-refractivity contribution < 1.29 is 4.92 Å². The van der Waals surface area contributed by atoms with Crippen molar-refractivity contribution in [3.63, 3.8) is 0 Å². The molecule has 0 aliphatic carbocycles. The number of nitro groups is 1. The molecule has 118 valence electrons. The van der Waals surface area contributed by atoms with Gasteiger partial charge in [-0.1, -0.05) is 12.1 Å². The molecule has 0 spiro atoms. The average Bonchev–Trinajstić information content (AvgIpc) is 3.16. The minimum absolute atomic E-state index is 0.0522. The van der Waals surface area contributed by atoms with E-state index in [1.54, 1.807) is 18.2 Å². The molecule has 1 aromatic heterocycles. The maximum atomic E-state index is 11.1. The summed E-state index contributed by atoms with van der Waals surface area (Å²) in [4.78, 5) is 13.0. The van der Waals surface area contributed by atoms with E-state index in [1.165, 1.54) is 6.07 Å². The van der Waals surface area contributed by atoms with Crippen LogP contribution in [0.4, 0.5) is 11.5 Å². The van der Waals surface area contributed by atoms with Gasteiger partial charge in [0.25, 0.3) is 5.69 Å². The number of aromatic nitrogens is 2. The van der Waals surface area contributed by atoms with Crippen molar-refractivity contribution in [1.82, 2.24) is 15.5 Å². The lowest BCUT2D eigenvalue weighted by Crippen LogP contribution is -2.26. The zero-order chi connectivity index (χ0) is 15.8. The Morgan fingerprint density at radius 3 is 2.48 bits per heavy atom. The van der Waals surface area contributed by atoms with E-state index in [2.05, 4.69) is 20.4 Å². The van der Waals surface area contributed by atoms with Crippen LogP contribution in [0.25, 0.3) is 11.3 Å². The van der Waals surface area contributed by atoms with Crippen molar-refractivity contribution in [3.8, 4) is 11.3 Å². The van der Waals surface area contributed by atoms with Gasteiger partial charge in [-0.05, 0) is 30.0 Å². The first kappa shape index (κ1) is 14.1. The molecule has 23 heavy (non-hydrogen) atoms. The van der Waals surface area contributed by atoms with Crippen molar-refractivity contribution in [2.24, 2.45) is 11.8 Å². The summed E-state index contributed by atoms with van der Waals surface area (Å²) >= 11 is 0. The highest BCUT2D eigenvalue weighted by Crippen LogP contribution is 2.31. The van der Waals surface area contributed by atoms with Gasteiger partial charge in [-0.15, -0.1) is 10.2 Å². The summed E-state index contributed by atoms with van der Waals surface area (Å²) in [7, 11) is 0. The fourth-order valence-electron chi connectivity index (χ4n) is 3.53. The van der Waals surface area contributed by atoms with Crippen LogP contribution in [0.2, 0.25) is 0 Å². The minimum Gasteiger partial charge on any atom is -0.354 e. The second-order valence-electron chi connectivity index (χ2n) is 6.13. The van der Waals surface area contributed by atoms with Crippen LogP contribution in [0.15, 0.2) is 36.4 Å². The topological polar surface area (TPSA) is 84.2 Å². The van der Waals surface area contributed by atoms with Crippen molar-refractivity contribution in [3.05, 3.63) is 46.5 Å². The number of nitrogens with one attached hydrogen (secondary N) is 1. The van der Waals surface area contributed by atoms with Gasteiger partial charge in [0.2, 0.25) is 0 Å². The third-order valence-corrected chi connectivity index (χ3v) is 4.74. The van der Waals surface area contributed by atoms with E-state index >= 15 is 0 Å². The molecule has 2 atom stereocenters. The van der Waals surface area contributed by atoms with Crippen LogP contribution in [0.5, 0.6) is 0 Å². The van der Waals surface area contributed by atoms with Gasteiger partial charge in [0.05, 0.1) is 16.2 Å². The number of rotatable bonds is 3. The molecule has 2 fully saturated rings. The summed E-state index contributed by atoms with van der Waals surface area (Å²) in [5, 5.41) is 23.1. The molecule has 2 saturated heterocycles. The van der Waals surface area contributed by atoms with E-state index in [9.17, 15) is 10.1 Å². The van der Waals surface area contributed by atoms with Gasteiger partial charge in [-0.2, -0.15) is 0 Å². The number of nitro benzene ring substituents is 1. The molecule has 3 heterocycles. The van der Waals surface area contributed by atoms with Gasteiger partial charge in [0, 0.05) is 32.2 Å². The number of fused-ring (bicyclic) bond motifs is 1. The Hall–Kier alpha value is -2.54. The summed E-state index contributed by atoms with van der Waals surface area (Å²) in [5.41, 5.74) is 1.08. The van der Waals surface area contributed by atoms with Crippen LogP contribution in [0.1, 0.15) is 0 Å². The van der Waals surface area contributed by atoms with Crippen LogP contribution in [0, 0.1) is 22.0 Å². The molecule has 2 aliphatic heterocycles. The van der Waals surface area contributed by atoms with Gasteiger partial charge < -0.3 is 10.2 Å². The molecule has 1 aromatic carbocycles. The monoisotopic (exact) mass is 311 g/mol. The molecular formula is C16H17N5O2. The van der Waals surface area contributed by atoms with E-state index in [1.807, 2.05) is 12.1 Å². The van der Waals surface area contributed by atoms with E-state index in [-0.39, 0.29) is 10.6 Å². The second-order valence-corrected chi connectivity index (χ2v) is 6.13. The molecule has 2 aromatic rings. The Labute approximate surface area is 133 Å². The third kappa shape index (κ3) is 2.53. The lowest BCUT2D eigenvalue weighted by molar-refractivity contribution is -0.384. The molecule has 4 rings (SSSR count). The SMILES string of the molecule is O=[N+]([O-])c1ccccc1-c1ccc(N2CC3CNCC3C2)nn1. The molecule has 7 heteroatoms. The third-order valence-electron chi connectivity index (χ3n) is 4.74. The molecule has 0 radical (unpaired) electrons. The highest BCUT2D eigenvalue weighted by atomic mass is 16.6. The highest BCUT2D eigenvalue weighted by molar-refractivity contribution is 5.70. The van der Waals surface area contributed by atoms with Crippen LogP contribution < -0.4 is 10.2 Å². The molecule has 7 nitrogen and oxygen atoms in total. The normalized spacial score (nSPS) is 23.0. The molecular weight excluding hydrogens is 294 g/mol. The fourth-order valence-corrected chi connectivity index (χ4v) is 3.53. The van der Waals surface area contributed by atoms with Crippen LogP contribution in [-0.2, 0) is 0 Å². The quantitative estimate of drug-likeness (QED) is 0.686. The summed E-state index contributed by atoms with van der Waals surface area (Å²) < 4.78 is 0. The number of benzene rings is 1. The van der Waals surface area contributed by atoms with Gasteiger partial charge >= 0.3 is 0 Å². The van der Waals surface area contributed by atoms with Crippen molar-refractivity contribution >= 4 is 11.5 Å². The first-order chi connectivity index (χ1) is 11.2. The van der Waals surface area contributed by atoms with E-state index in [0.717, 1.165) is 32.0 Å². The fraction of sp³-hybridized carbons (Fsp3) is 0.375. The van der Waals surface area contributed by atoms with Crippen LogP contribution in [0.3, 0.4) is 0 Å². The Bertz CT molecular complexity index is 722. The molecule has 0 amide bonds. The summed E-state index contributed by atoms with van der Waals surface area (Å²) in [5.74, 6) is 2.22. The Morgan fingerprint density at radius 2 is 1.83 bits per heavy atom. The Morgan fingerprint density at radius 1 is 1.09 bits per heavy atom. The van der Waals surface area contributed by atoms with Crippen LogP contribution in [-0.4, -0.2) is 41.3 Å². The number of para-hydroxylation sites is 1. The zero-order valence-corrected chi connectivity index (χ0v) is 12.6. The summed E-state index contributed by atoms with van der Waals surface area (Å²) in [6.45, 7) is 4.14. The molecule has 1 N–H and O–H groups in total.